The van der Waals surface area contributed by atoms with Crippen molar-refractivity contribution in [3.8, 4) is 0 Å². The lowest BCUT2D eigenvalue weighted by Crippen LogP contribution is -2.45. The van der Waals surface area contributed by atoms with E-state index in [4.69, 9.17) is 10.5 Å². The van der Waals surface area contributed by atoms with Gasteiger partial charge in [0, 0.05) is 25.7 Å². The monoisotopic (exact) mass is 385 g/mol. The van der Waals surface area contributed by atoms with E-state index in [0.717, 1.165) is 24.2 Å². The molecule has 1 amide bonds. The predicted octanol–water partition coefficient (Wildman–Crippen LogP) is 2.65. The molecule has 6 heteroatoms. The Hall–Kier alpha value is -2.28. The zero-order valence-corrected chi connectivity index (χ0v) is 16.2. The van der Waals surface area contributed by atoms with E-state index in [9.17, 15) is 9.18 Å². The Balaban J connectivity index is 1.67. The Morgan fingerprint density at radius 3 is 2.50 bits per heavy atom. The molecule has 2 aromatic rings. The van der Waals surface area contributed by atoms with Gasteiger partial charge in [-0.15, -0.1) is 0 Å². The van der Waals surface area contributed by atoms with Gasteiger partial charge in [0.2, 0.25) is 5.91 Å². The summed E-state index contributed by atoms with van der Waals surface area (Å²) in [6, 6.07) is 15.7. The van der Waals surface area contributed by atoms with Gasteiger partial charge in [0.25, 0.3) is 0 Å². The summed E-state index contributed by atoms with van der Waals surface area (Å²) in [6.45, 7) is 4.99. The molecule has 0 aromatic heterocycles. The number of morpholine rings is 1. The molecule has 1 aliphatic heterocycles. The summed E-state index contributed by atoms with van der Waals surface area (Å²) >= 11 is 0. The predicted molar refractivity (Wildman–Crippen MR) is 107 cm³/mol. The van der Waals surface area contributed by atoms with Gasteiger partial charge >= 0.3 is 0 Å². The molecule has 150 valence electrons. The molecule has 3 atom stereocenters. The van der Waals surface area contributed by atoms with E-state index in [0.29, 0.717) is 19.8 Å². The second-order valence-corrected chi connectivity index (χ2v) is 7.19. The van der Waals surface area contributed by atoms with Crippen LogP contribution in [0.25, 0.3) is 0 Å². The number of rotatable bonds is 7. The maximum Gasteiger partial charge on any atom is 0.224 e. The highest BCUT2D eigenvalue weighted by Gasteiger charge is 2.26. The van der Waals surface area contributed by atoms with Gasteiger partial charge in [-0.05, 0) is 23.3 Å². The summed E-state index contributed by atoms with van der Waals surface area (Å²) in [5, 5.41) is 3.02. The summed E-state index contributed by atoms with van der Waals surface area (Å²) in [4.78, 5) is 15.0. The molecule has 2 aromatic carbocycles. The molecule has 3 rings (SSSR count). The number of hydrogen-bond acceptors (Lipinski definition) is 4. The van der Waals surface area contributed by atoms with Crippen LogP contribution in [0.2, 0.25) is 0 Å². The first kappa shape index (κ1) is 20.5. The first-order chi connectivity index (χ1) is 13.6. The molecule has 28 heavy (non-hydrogen) atoms. The Morgan fingerprint density at radius 1 is 1.14 bits per heavy atom. The van der Waals surface area contributed by atoms with Crippen LogP contribution in [0.3, 0.4) is 0 Å². The maximum absolute atomic E-state index is 13.8. The number of carbonyl (C=O) groups excluding carboxylic acids is 1. The molecule has 1 aliphatic rings. The lowest BCUT2D eigenvalue weighted by molar-refractivity contribution is -0.125. The minimum Gasteiger partial charge on any atom is -0.379 e. The fraction of sp³-hybridized carbons (Fsp3) is 0.409. The van der Waals surface area contributed by atoms with Gasteiger partial charge in [0.05, 0.1) is 25.2 Å². The maximum atomic E-state index is 13.8. The van der Waals surface area contributed by atoms with Gasteiger partial charge in [-0.2, -0.15) is 0 Å². The molecular formula is C22H28FN3O2. The largest absolute Gasteiger partial charge is 0.379 e. The van der Waals surface area contributed by atoms with Crippen molar-refractivity contribution in [1.82, 2.24) is 10.2 Å². The quantitative estimate of drug-likeness (QED) is 0.769. The SMILES string of the molecule is CC(C(=O)NCC(c1cccc(F)c1)N1CCOCC1)C(N)c1ccccc1. The van der Waals surface area contributed by atoms with Crippen molar-refractivity contribution in [2.24, 2.45) is 11.7 Å². The second kappa shape index (κ2) is 9.78. The van der Waals surface area contributed by atoms with Crippen LogP contribution in [0.5, 0.6) is 0 Å². The molecule has 3 unspecified atom stereocenters. The fourth-order valence-electron chi connectivity index (χ4n) is 3.55. The zero-order chi connectivity index (χ0) is 19.9. The van der Waals surface area contributed by atoms with Crippen LogP contribution in [0.4, 0.5) is 4.39 Å². The fourth-order valence-corrected chi connectivity index (χ4v) is 3.55. The summed E-state index contributed by atoms with van der Waals surface area (Å²) in [6.07, 6.45) is 0. The Kier molecular flexibility index (Phi) is 7.14. The van der Waals surface area contributed by atoms with Gasteiger partial charge in [0.15, 0.2) is 0 Å². The lowest BCUT2D eigenvalue weighted by Gasteiger charge is -2.35. The number of nitrogens with zero attached hydrogens (tertiary/aromatic N) is 1. The average molecular weight is 385 g/mol. The minimum absolute atomic E-state index is 0.106. The van der Waals surface area contributed by atoms with Crippen molar-refractivity contribution in [1.29, 1.82) is 0 Å². The van der Waals surface area contributed by atoms with E-state index >= 15 is 0 Å². The molecular weight excluding hydrogens is 357 g/mol. The van der Waals surface area contributed by atoms with Crippen LogP contribution < -0.4 is 11.1 Å². The van der Waals surface area contributed by atoms with Crippen LogP contribution in [0.1, 0.15) is 30.1 Å². The number of amides is 1. The number of halogens is 1. The van der Waals surface area contributed by atoms with Crippen molar-refractivity contribution < 1.29 is 13.9 Å². The summed E-state index contributed by atoms with van der Waals surface area (Å²) in [5.41, 5.74) is 8.06. The van der Waals surface area contributed by atoms with Crippen molar-refractivity contribution >= 4 is 5.91 Å². The van der Waals surface area contributed by atoms with E-state index in [1.165, 1.54) is 12.1 Å². The lowest BCUT2D eigenvalue weighted by atomic mass is 9.94. The van der Waals surface area contributed by atoms with Crippen molar-refractivity contribution in [2.45, 2.75) is 19.0 Å². The summed E-state index contributed by atoms with van der Waals surface area (Å²) in [7, 11) is 0. The molecule has 0 spiro atoms. The number of nitrogens with two attached hydrogens (primary N) is 1. The van der Waals surface area contributed by atoms with Gasteiger partial charge in [-0.1, -0.05) is 49.4 Å². The minimum atomic E-state index is -0.378. The van der Waals surface area contributed by atoms with Crippen LogP contribution in [0.15, 0.2) is 54.6 Å². The van der Waals surface area contributed by atoms with Crippen LogP contribution in [-0.2, 0) is 9.53 Å². The Labute approximate surface area is 165 Å². The number of nitrogens with one attached hydrogen (secondary N) is 1. The highest BCUT2D eigenvalue weighted by atomic mass is 19.1. The van der Waals surface area contributed by atoms with E-state index in [2.05, 4.69) is 10.2 Å². The molecule has 5 nitrogen and oxygen atoms in total. The van der Waals surface area contributed by atoms with Gasteiger partial charge < -0.3 is 15.8 Å². The zero-order valence-electron chi connectivity index (χ0n) is 16.2. The standard InChI is InChI=1S/C22H28FN3O2/c1-16(21(24)17-6-3-2-4-7-17)22(27)25-15-20(26-10-12-28-13-11-26)18-8-5-9-19(23)14-18/h2-9,14,16,20-21H,10-13,15,24H2,1H3,(H,25,27). The van der Waals surface area contributed by atoms with E-state index in [1.54, 1.807) is 6.07 Å². The highest BCUT2D eigenvalue weighted by Crippen LogP contribution is 2.23. The molecule has 3 N–H and O–H groups in total. The number of ether oxygens (including phenoxy) is 1. The third kappa shape index (κ3) is 5.16. The van der Waals surface area contributed by atoms with Crippen LogP contribution >= 0.6 is 0 Å². The highest BCUT2D eigenvalue weighted by molar-refractivity contribution is 5.79. The average Bonchev–Trinajstić information content (AvgIpc) is 2.74. The van der Waals surface area contributed by atoms with E-state index < -0.39 is 0 Å². The first-order valence-electron chi connectivity index (χ1n) is 9.72. The first-order valence-corrected chi connectivity index (χ1v) is 9.72. The number of hydrogen-bond donors (Lipinski definition) is 2. The Bertz CT molecular complexity index is 765. The number of benzene rings is 2. The molecule has 1 fully saturated rings. The molecule has 0 saturated carbocycles. The molecule has 0 aliphatic carbocycles. The van der Waals surface area contributed by atoms with Gasteiger partial charge in [0.1, 0.15) is 5.82 Å². The van der Waals surface area contributed by atoms with Crippen LogP contribution in [-0.4, -0.2) is 43.7 Å². The van der Waals surface area contributed by atoms with Crippen molar-refractivity contribution in [2.75, 3.05) is 32.8 Å². The van der Waals surface area contributed by atoms with Gasteiger partial charge in [-0.25, -0.2) is 4.39 Å². The van der Waals surface area contributed by atoms with Gasteiger partial charge in [-0.3, -0.25) is 9.69 Å². The molecule has 0 bridgehead atoms. The molecule has 1 saturated heterocycles. The second-order valence-electron chi connectivity index (χ2n) is 7.19. The Morgan fingerprint density at radius 2 is 1.82 bits per heavy atom. The number of carbonyl (C=O) groups is 1. The normalized spacial score (nSPS) is 18.2. The van der Waals surface area contributed by atoms with Crippen molar-refractivity contribution in [3.05, 3.63) is 71.5 Å². The van der Waals surface area contributed by atoms with Crippen LogP contribution in [0, 0.1) is 11.7 Å². The van der Waals surface area contributed by atoms with E-state index in [-0.39, 0.29) is 29.7 Å². The molecule has 0 radical (unpaired) electrons. The van der Waals surface area contributed by atoms with Crippen molar-refractivity contribution in [3.63, 3.8) is 0 Å². The third-order valence-corrected chi connectivity index (χ3v) is 5.33. The summed E-state index contributed by atoms with van der Waals surface area (Å²) in [5.74, 6) is -0.757. The third-order valence-electron chi connectivity index (χ3n) is 5.33. The summed E-state index contributed by atoms with van der Waals surface area (Å²) < 4.78 is 19.2. The smallest absolute Gasteiger partial charge is 0.224 e. The molecule has 1 heterocycles. The van der Waals surface area contributed by atoms with E-state index in [1.807, 2.05) is 43.3 Å². The topological polar surface area (TPSA) is 67.6 Å².